The van der Waals surface area contributed by atoms with Gasteiger partial charge in [-0.2, -0.15) is 39.5 Å². The fourth-order valence-corrected chi connectivity index (χ4v) is 3.59. The van der Waals surface area contributed by atoms with Gasteiger partial charge in [-0.15, -0.1) is 0 Å². The zero-order valence-electron chi connectivity index (χ0n) is 17.3. The van der Waals surface area contributed by atoms with Crippen LogP contribution in [0.4, 0.5) is 43.9 Å². The zero-order chi connectivity index (χ0) is 25.6. The number of hydrogen-bond donors (Lipinski definition) is 2. The molecule has 190 valence electrons. The summed E-state index contributed by atoms with van der Waals surface area (Å²) in [7, 11) is 0. The second kappa shape index (κ2) is 8.80. The van der Waals surface area contributed by atoms with E-state index in [1.807, 2.05) is 0 Å². The average Bonchev–Trinajstić information content (AvgIpc) is 2.63. The fourth-order valence-electron chi connectivity index (χ4n) is 3.59. The van der Waals surface area contributed by atoms with E-state index in [0.29, 0.717) is 0 Å². The molecule has 0 spiro atoms. The summed E-state index contributed by atoms with van der Waals surface area (Å²) >= 11 is 0. The lowest BCUT2D eigenvalue weighted by molar-refractivity contribution is -0.391. The number of hydrogen-bond acceptors (Lipinski definition) is 4. The zero-order valence-corrected chi connectivity index (χ0v) is 17.3. The summed E-state index contributed by atoms with van der Waals surface area (Å²) in [4.78, 5) is 12.2. The number of esters is 1. The highest BCUT2D eigenvalue weighted by Crippen LogP contribution is 2.55. The number of rotatable bonds is 6. The lowest BCUT2D eigenvalue weighted by Gasteiger charge is -2.47. The highest BCUT2D eigenvalue weighted by molar-refractivity contribution is 5.76. The first-order chi connectivity index (χ1) is 14.1. The Morgan fingerprint density at radius 1 is 0.844 bits per heavy atom. The van der Waals surface area contributed by atoms with Crippen molar-refractivity contribution in [2.24, 2.45) is 17.3 Å². The van der Waals surface area contributed by atoms with Gasteiger partial charge in [-0.3, -0.25) is 4.79 Å². The van der Waals surface area contributed by atoms with Crippen molar-refractivity contribution in [2.75, 3.05) is 6.67 Å². The lowest BCUT2D eigenvalue weighted by atomic mass is 9.66. The van der Waals surface area contributed by atoms with Crippen molar-refractivity contribution in [1.82, 2.24) is 0 Å². The molecule has 4 unspecified atom stereocenters. The summed E-state index contributed by atoms with van der Waals surface area (Å²) in [5.74, 6) is -6.70. The van der Waals surface area contributed by atoms with Crippen molar-refractivity contribution in [3.8, 4) is 0 Å². The number of carbonyl (C=O) groups excluding carboxylic acids is 1. The molecule has 1 aliphatic rings. The molecule has 0 amide bonds. The predicted octanol–water partition coefficient (Wildman–Crippen LogP) is 4.87. The maximum atomic E-state index is 13.3. The molecule has 14 heteroatoms. The monoisotopic (exact) mass is 494 g/mol. The van der Waals surface area contributed by atoms with E-state index in [1.165, 1.54) is 20.8 Å². The average molecular weight is 494 g/mol. The van der Waals surface area contributed by atoms with Gasteiger partial charge in [0.2, 0.25) is 0 Å². The van der Waals surface area contributed by atoms with Crippen molar-refractivity contribution in [2.45, 2.75) is 82.3 Å². The standard InChI is InChI=1S/C18H24F10O4/c1-4-13(2,3)12(29)32-11-6-9(14(30,8-19)16(20,21)22)5-10(7-11)15(31,17(23,24)25)18(26,27)28/h9-11,30-31H,4-8H2,1-3H3. The van der Waals surface area contributed by atoms with Crippen LogP contribution >= 0.6 is 0 Å². The largest absolute Gasteiger partial charge is 0.462 e. The molecule has 2 N–H and O–H groups in total. The summed E-state index contributed by atoms with van der Waals surface area (Å²) in [6.07, 6.45) is -24.4. The van der Waals surface area contributed by atoms with Gasteiger partial charge in [0.15, 0.2) is 5.60 Å². The van der Waals surface area contributed by atoms with E-state index < -0.39 is 85.0 Å². The van der Waals surface area contributed by atoms with Crippen LogP contribution in [0.25, 0.3) is 0 Å². The molecule has 4 atom stereocenters. The summed E-state index contributed by atoms with van der Waals surface area (Å²) in [5, 5.41) is 19.5. The van der Waals surface area contributed by atoms with E-state index >= 15 is 0 Å². The molecule has 0 saturated heterocycles. The third kappa shape index (κ3) is 5.10. The Bertz CT molecular complexity index is 656. The fraction of sp³-hybridized carbons (Fsp3) is 0.944. The smallest absolute Gasteiger partial charge is 0.426 e. The molecule has 0 bridgehead atoms. The highest BCUT2D eigenvalue weighted by Gasteiger charge is 2.75. The SMILES string of the molecule is CCC(C)(C)C(=O)OC1CC(C(O)(CF)C(F)(F)F)CC(C(O)(C(F)(F)F)C(F)(F)F)C1. The predicted molar refractivity (Wildman–Crippen MR) is 88.8 cm³/mol. The molecule has 0 aromatic rings. The third-order valence-electron chi connectivity index (χ3n) is 6.20. The second-order valence-corrected chi connectivity index (χ2v) is 8.68. The van der Waals surface area contributed by atoms with Gasteiger partial charge in [-0.1, -0.05) is 6.92 Å². The Morgan fingerprint density at radius 2 is 1.28 bits per heavy atom. The van der Waals surface area contributed by atoms with Crippen LogP contribution in [0, 0.1) is 17.3 Å². The second-order valence-electron chi connectivity index (χ2n) is 8.68. The van der Waals surface area contributed by atoms with Gasteiger partial charge in [0.25, 0.3) is 5.60 Å². The molecule has 1 fully saturated rings. The summed E-state index contributed by atoms with van der Waals surface area (Å²) < 4.78 is 138. The molecule has 32 heavy (non-hydrogen) atoms. The Kier molecular flexibility index (Phi) is 7.90. The topological polar surface area (TPSA) is 66.8 Å². The van der Waals surface area contributed by atoms with Crippen LogP contribution < -0.4 is 0 Å². The van der Waals surface area contributed by atoms with Gasteiger partial charge >= 0.3 is 24.5 Å². The van der Waals surface area contributed by atoms with Crippen molar-refractivity contribution in [3.05, 3.63) is 0 Å². The van der Waals surface area contributed by atoms with E-state index in [2.05, 4.69) is 0 Å². The molecule has 4 nitrogen and oxygen atoms in total. The summed E-state index contributed by atoms with van der Waals surface area (Å²) in [5.41, 5.74) is -11.1. The highest BCUT2D eigenvalue weighted by atomic mass is 19.4. The van der Waals surface area contributed by atoms with Gasteiger partial charge in [-0.05, 0) is 39.5 Å². The van der Waals surface area contributed by atoms with Crippen molar-refractivity contribution in [3.63, 3.8) is 0 Å². The minimum absolute atomic E-state index is 0.109. The van der Waals surface area contributed by atoms with Gasteiger partial charge in [0, 0.05) is 11.8 Å². The van der Waals surface area contributed by atoms with Crippen molar-refractivity contribution < 1.29 is 63.6 Å². The van der Waals surface area contributed by atoms with Gasteiger partial charge < -0.3 is 14.9 Å². The first-order valence-corrected chi connectivity index (χ1v) is 9.50. The molecule has 1 saturated carbocycles. The van der Waals surface area contributed by atoms with Crippen LogP contribution in [0.2, 0.25) is 0 Å². The van der Waals surface area contributed by atoms with E-state index in [-0.39, 0.29) is 6.42 Å². The first kappa shape index (κ1) is 28.7. The van der Waals surface area contributed by atoms with Crippen LogP contribution in [-0.4, -0.2) is 58.7 Å². The quantitative estimate of drug-likeness (QED) is 0.409. The molecule has 0 heterocycles. The Labute approximate surface area is 176 Å². The maximum absolute atomic E-state index is 13.3. The number of ether oxygens (including phenoxy) is 1. The van der Waals surface area contributed by atoms with Crippen LogP contribution in [-0.2, 0) is 9.53 Å². The summed E-state index contributed by atoms with van der Waals surface area (Å²) in [6, 6.07) is 0. The van der Waals surface area contributed by atoms with Crippen LogP contribution in [0.5, 0.6) is 0 Å². The van der Waals surface area contributed by atoms with Crippen LogP contribution in [0.3, 0.4) is 0 Å². The van der Waals surface area contributed by atoms with Gasteiger partial charge in [0.05, 0.1) is 5.41 Å². The maximum Gasteiger partial charge on any atom is 0.426 e. The number of carbonyl (C=O) groups is 1. The summed E-state index contributed by atoms with van der Waals surface area (Å²) in [6.45, 7) is 1.59. The Morgan fingerprint density at radius 3 is 1.62 bits per heavy atom. The molecular weight excluding hydrogens is 470 g/mol. The molecule has 0 aliphatic heterocycles. The van der Waals surface area contributed by atoms with E-state index in [4.69, 9.17) is 4.74 Å². The Balaban J connectivity index is 3.53. The van der Waals surface area contributed by atoms with Gasteiger partial charge in [0.1, 0.15) is 12.8 Å². The van der Waals surface area contributed by atoms with Crippen molar-refractivity contribution >= 4 is 5.97 Å². The molecule has 0 aromatic carbocycles. The molecular formula is C18H24F10O4. The van der Waals surface area contributed by atoms with Crippen LogP contribution in [0.1, 0.15) is 46.5 Å². The third-order valence-corrected chi connectivity index (χ3v) is 6.20. The number of alkyl halides is 10. The molecule has 1 rings (SSSR count). The van der Waals surface area contributed by atoms with Crippen LogP contribution in [0.15, 0.2) is 0 Å². The molecule has 1 aliphatic carbocycles. The van der Waals surface area contributed by atoms with E-state index in [1.54, 1.807) is 0 Å². The minimum Gasteiger partial charge on any atom is -0.462 e. The van der Waals surface area contributed by atoms with E-state index in [9.17, 15) is 58.9 Å². The molecule has 0 radical (unpaired) electrons. The molecule has 0 aromatic heterocycles. The first-order valence-electron chi connectivity index (χ1n) is 9.50. The number of aliphatic hydroxyl groups is 2. The van der Waals surface area contributed by atoms with Crippen molar-refractivity contribution in [1.29, 1.82) is 0 Å². The normalized spacial score (nSPS) is 25.9. The number of halogens is 10. The lowest BCUT2D eigenvalue weighted by Crippen LogP contribution is -2.65. The minimum atomic E-state index is -6.37. The van der Waals surface area contributed by atoms with Gasteiger partial charge in [-0.25, -0.2) is 4.39 Å². The Hall–Kier alpha value is -1.31. The van der Waals surface area contributed by atoms with E-state index in [0.717, 1.165) is 0 Å².